The number of halogens is 2. The molecule has 1 aromatic carbocycles. The quantitative estimate of drug-likeness (QED) is 0.735. The number of carbonyl (C=O) groups is 1. The zero-order valence-electron chi connectivity index (χ0n) is 7.80. The minimum Gasteiger partial charge on any atom is -0.464 e. The van der Waals surface area contributed by atoms with E-state index in [-0.39, 0.29) is 16.6 Å². The summed E-state index contributed by atoms with van der Waals surface area (Å²) >= 11 is 0. The molecule has 0 radical (unpaired) electrons. The molecule has 78 valence electrons. The number of hydrogen-bond donors (Lipinski definition) is 1. The van der Waals surface area contributed by atoms with E-state index in [1.165, 1.54) is 13.2 Å². The van der Waals surface area contributed by atoms with E-state index in [1.807, 2.05) is 0 Å². The van der Waals surface area contributed by atoms with Gasteiger partial charge >= 0.3 is 5.97 Å². The maximum absolute atomic E-state index is 13.2. The van der Waals surface area contributed by atoms with Gasteiger partial charge in [0.2, 0.25) is 0 Å². The molecule has 0 atom stereocenters. The summed E-state index contributed by atoms with van der Waals surface area (Å²) in [6.45, 7) is 0. The fraction of sp³-hybridized carbons (Fsp3) is 0.100. The van der Waals surface area contributed by atoms with Gasteiger partial charge in [0.25, 0.3) is 0 Å². The minimum absolute atomic E-state index is 0.0245. The maximum atomic E-state index is 13.2. The minimum atomic E-state index is -0.662. The third kappa shape index (κ3) is 1.45. The first-order valence-corrected chi connectivity index (χ1v) is 4.18. The molecule has 1 N–H and O–H groups in total. The Morgan fingerprint density at radius 1 is 1.33 bits per heavy atom. The Balaban J connectivity index is 2.70. The highest BCUT2D eigenvalue weighted by molar-refractivity contribution is 5.95. The number of rotatable bonds is 1. The van der Waals surface area contributed by atoms with Gasteiger partial charge in [0, 0.05) is 5.39 Å². The summed E-state index contributed by atoms with van der Waals surface area (Å²) in [5.41, 5.74) is -0.00750. The smallest absolute Gasteiger partial charge is 0.354 e. The summed E-state index contributed by atoms with van der Waals surface area (Å²) in [5.74, 6) is -1.86. The number of nitrogens with one attached hydrogen (secondary N) is 1. The number of H-pyrrole nitrogens is 1. The molecule has 0 aliphatic rings. The second-order valence-corrected chi connectivity index (χ2v) is 2.99. The number of methoxy groups -OCH3 is 1. The summed E-state index contributed by atoms with van der Waals surface area (Å²) in [6, 6.07) is 3.22. The second-order valence-electron chi connectivity index (χ2n) is 2.99. The van der Waals surface area contributed by atoms with Crippen molar-refractivity contribution in [2.24, 2.45) is 0 Å². The standard InChI is InChI=1S/C10H7F2NO2/c1-15-10(14)8-4-5-6(11)2-3-7(12)9(5)13-8/h2-4,13H,1H3. The number of esters is 1. The van der Waals surface area contributed by atoms with Gasteiger partial charge in [0.15, 0.2) is 0 Å². The Morgan fingerprint density at radius 2 is 2.00 bits per heavy atom. The Bertz CT molecular complexity index is 494. The van der Waals surface area contributed by atoms with Crippen molar-refractivity contribution >= 4 is 16.9 Å². The lowest BCUT2D eigenvalue weighted by Gasteiger charge is -1.93. The first-order chi connectivity index (χ1) is 7.13. The van der Waals surface area contributed by atoms with Crippen LogP contribution in [0.15, 0.2) is 18.2 Å². The second kappa shape index (κ2) is 3.34. The molecule has 2 rings (SSSR count). The number of aromatic nitrogens is 1. The van der Waals surface area contributed by atoms with E-state index in [2.05, 4.69) is 9.72 Å². The topological polar surface area (TPSA) is 42.1 Å². The third-order valence-electron chi connectivity index (χ3n) is 2.10. The largest absolute Gasteiger partial charge is 0.464 e. The normalized spacial score (nSPS) is 10.6. The van der Waals surface area contributed by atoms with E-state index in [0.717, 1.165) is 12.1 Å². The van der Waals surface area contributed by atoms with Gasteiger partial charge in [0.1, 0.15) is 17.3 Å². The van der Waals surface area contributed by atoms with Crippen LogP contribution in [0, 0.1) is 11.6 Å². The van der Waals surface area contributed by atoms with Crippen molar-refractivity contribution in [1.82, 2.24) is 4.98 Å². The molecule has 5 heteroatoms. The summed E-state index contributed by atoms with van der Waals surface area (Å²) in [5, 5.41) is 0.0374. The fourth-order valence-corrected chi connectivity index (χ4v) is 1.37. The Hall–Kier alpha value is -1.91. The van der Waals surface area contributed by atoms with Crippen LogP contribution >= 0.6 is 0 Å². The van der Waals surface area contributed by atoms with Crippen LogP contribution < -0.4 is 0 Å². The zero-order valence-corrected chi connectivity index (χ0v) is 7.80. The van der Waals surface area contributed by atoms with Gasteiger partial charge in [0.05, 0.1) is 12.6 Å². The van der Waals surface area contributed by atoms with E-state index in [0.29, 0.717) is 0 Å². The van der Waals surface area contributed by atoms with E-state index < -0.39 is 17.6 Å². The number of fused-ring (bicyclic) bond motifs is 1. The summed E-state index contributed by atoms with van der Waals surface area (Å²) in [7, 11) is 1.19. The van der Waals surface area contributed by atoms with Crippen LogP contribution in [0.5, 0.6) is 0 Å². The van der Waals surface area contributed by atoms with Crippen molar-refractivity contribution in [3.05, 3.63) is 35.5 Å². The van der Waals surface area contributed by atoms with Gasteiger partial charge in [-0.3, -0.25) is 0 Å². The van der Waals surface area contributed by atoms with Gasteiger partial charge in [-0.05, 0) is 18.2 Å². The van der Waals surface area contributed by atoms with Gasteiger partial charge in [-0.25, -0.2) is 13.6 Å². The summed E-state index contributed by atoms with van der Waals surface area (Å²) in [6.07, 6.45) is 0. The molecule has 0 aliphatic heterocycles. The van der Waals surface area contributed by atoms with Crippen LogP contribution in [-0.2, 0) is 4.74 Å². The molecule has 0 bridgehead atoms. The summed E-state index contributed by atoms with van der Waals surface area (Å²) < 4.78 is 30.8. The van der Waals surface area contributed by atoms with E-state index >= 15 is 0 Å². The maximum Gasteiger partial charge on any atom is 0.354 e. The number of benzene rings is 1. The molecule has 0 spiro atoms. The number of ether oxygens (including phenoxy) is 1. The van der Waals surface area contributed by atoms with E-state index in [1.54, 1.807) is 0 Å². The number of carbonyl (C=O) groups excluding carboxylic acids is 1. The highest BCUT2D eigenvalue weighted by atomic mass is 19.1. The third-order valence-corrected chi connectivity index (χ3v) is 2.10. The fourth-order valence-electron chi connectivity index (χ4n) is 1.37. The Labute approximate surface area is 83.7 Å². The van der Waals surface area contributed by atoms with Crippen molar-refractivity contribution in [3.8, 4) is 0 Å². The van der Waals surface area contributed by atoms with Crippen LogP contribution in [0.4, 0.5) is 8.78 Å². The Kier molecular flexibility index (Phi) is 2.15. The highest BCUT2D eigenvalue weighted by Gasteiger charge is 2.14. The molecule has 0 amide bonds. The lowest BCUT2D eigenvalue weighted by molar-refractivity contribution is 0.0595. The molecule has 0 aliphatic carbocycles. The van der Waals surface area contributed by atoms with Gasteiger partial charge in [-0.15, -0.1) is 0 Å². The zero-order chi connectivity index (χ0) is 11.0. The summed E-state index contributed by atoms with van der Waals surface area (Å²) in [4.78, 5) is 13.6. The SMILES string of the molecule is COC(=O)c1cc2c(F)ccc(F)c2[nH]1. The Morgan fingerprint density at radius 3 is 2.60 bits per heavy atom. The van der Waals surface area contributed by atoms with Crippen LogP contribution in [0.2, 0.25) is 0 Å². The van der Waals surface area contributed by atoms with E-state index in [4.69, 9.17) is 0 Å². The molecule has 15 heavy (non-hydrogen) atoms. The first kappa shape index (κ1) is 9.64. The van der Waals surface area contributed by atoms with Gasteiger partial charge in [-0.2, -0.15) is 0 Å². The highest BCUT2D eigenvalue weighted by Crippen LogP contribution is 2.21. The molecule has 3 nitrogen and oxygen atoms in total. The lowest BCUT2D eigenvalue weighted by atomic mass is 10.2. The predicted molar refractivity (Wildman–Crippen MR) is 49.6 cm³/mol. The van der Waals surface area contributed by atoms with Crippen LogP contribution in [-0.4, -0.2) is 18.1 Å². The van der Waals surface area contributed by atoms with Crippen molar-refractivity contribution in [3.63, 3.8) is 0 Å². The molecule has 2 aromatic rings. The van der Waals surface area contributed by atoms with Crippen molar-refractivity contribution in [2.45, 2.75) is 0 Å². The molecule has 0 saturated heterocycles. The van der Waals surface area contributed by atoms with Crippen molar-refractivity contribution in [1.29, 1.82) is 0 Å². The van der Waals surface area contributed by atoms with E-state index in [9.17, 15) is 13.6 Å². The molecule has 1 heterocycles. The molecule has 1 aromatic heterocycles. The average Bonchev–Trinajstić information content (AvgIpc) is 2.68. The lowest BCUT2D eigenvalue weighted by Crippen LogP contribution is -2.00. The van der Waals surface area contributed by atoms with Crippen LogP contribution in [0.3, 0.4) is 0 Å². The van der Waals surface area contributed by atoms with Crippen molar-refractivity contribution in [2.75, 3.05) is 7.11 Å². The average molecular weight is 211 g/mol. The van der Waals surface area contributed by atoms with Crippen LogP contribution in [0.1, 0.15) is 10.5 Å². The molecular weight excluding hydrogens is 204 g/mol. The van der Waals surface area contributed by atoms with Crippen LogP contribution in [0.25, 0.3) is 10.9 Å². The predicted octanol–water partition coefficient (Wildman–Crippen LogP) is 2.23. The molecular formula is C10H7F2NO2. The van der Waals surface area contributed by atoms with Crippen molar-refractivity contribution < 1.29 is 18.3 Å². The van der Waals surface area contributed by atoms with Gasteiger partial charge < -0.3 is 9.72 Å². The first-order valence-electron chi connectivity index (χ1n) is 4.18. The molecule has 0 unspecified atom stereocenters. The number of aromatic amines is 1. The number of hydrogen-bond acceptors (Lipinski definition) is 2. The molecule has 0 saturated carbocycles. The monoisotopic (exact) mass is 211 g/mol. The van der Waals surface area contributed by atoms with Gasteiger partial charge in [-0.1, -0.05) is 0 Å². The molecule has 0 fully saturated rings.